The van der Waals surface area contributed by atoms with Gasteiger partial charge >= 0.3 is 0 Å². The van der Waals surface area contributed by atoms with Gasteiger partial charge in [0.15, 0.2) is 0 Å². The van der Waals surface area contributed by atoms with Gasteiger partial charge in [-0.1, -0.05) is 36.8 Å². The molecule has 1 aliphatic rings. The van der Waals surface area contributed by atoms with Crippen LogP contribution < -0.4 is 5.32 Å². The Morgan fingerprint density at radius 1 is 1.35 bits per heavy atom. The summed E-state index contributed by atoms with van der Waals surface area (Å²) in [5.41, 5.74) is 2.81. The Morgan fingerprint density at radius 3 is 3.00 bits per heavy atom. The van der Waals surface area contributed by atoms with Gasteiger partial charge in [-0.15, -0.1) is 0 Å². The molecule has 2 nitrogen and oxygen atoms in total. The van der Waals surface area contributed by atoms with E-state index in [0.717, 1.165) is 19.1 Å². The molecule has 2 rings (SSSR count). The second-order valence-corrected chi connectivity index (χ2v) is 5.11. The maximum Gasteiger partial charge on any atom is 0.0234 e. The number of nitrogens with one attached hydrogen (secondary N) is 1. The fourth-order valence-corrected chi connectivity index (χ4v) is 2.55. The summed E-state index contributed by atoms with van der Waals surface area (Å²) in [7, 11) is 0. The highest BCUT2D eigenvalue weighted by atomic mass is 15.2. The van der Waals surface area contributed by atoms with Crippen molar-refractivity contribution in [2.45, 2.75) is 39.3 Å². The molecule has 1 unspecified atom stereocenters. The van der Waals surface area contributed by atoms with Crippen molar-refractivity contribution in [3.05, 3.63) is 35.4 Å². The van der Waals surface area contributed by atoms with Crippen LogP contribution in [0.5, 0.6) is 0 Å². The van der Waals surface area contributed by atoms with E-state index in [1.165, 1.54) is 37.1 Å². The summed E-state index contributed by atoms with van der Waals surface area (Å²) >= 11 is 0. The van der Waals surface area contributed by atoms with E-state index in [1.807, 2.05) is 0 Å². The van der Waals surface area contributed by atoms with Crippen LogP contribution in [0, 0.1) is 6.92 Å². The molecule has 0 aliphatic carbocycles. The standard InChI is InChI=1S/C15H24N2/c1-3-15-7-9-17(10-8-16-15)12-14-6-4-5-13(2)11-14/h4-6,11,15-16H,3,7-10,12H2,1-2H3. The normalized spacial score (nSPS) is 22.4. The first-order chi connectivity index (χ1) is 8.28. The SMILES string of the molecule is CCC1CCN(Cc2cccc(C)c2)CCN1. The molecule has 0 spiro atoms. The summed E-state index contributed by atoms with van der Waals surface area (Å²) in [6, 6.07) is 9.59. The maximum atomic E-state index is 3.62. The topological polar surface area (TPSA) is 15.3 Å². The summed E-state index contributed by atoms with van der Waals surface area (Å²) in [6.07, 6.45) is 2.53. The highest BCUT2D eigenvalue weighted by Crippen LogP contribution is 2.11. The van der Waals surface area contributed by atoms with Crippen LogP contribution in [0.1, 0.15) is 30.9 Å². The van der Waals surface area contributed by atoms with Gasteiger partial charge in [-0.25, -0.2) is 0 Å². The van der Waals surface area contributed by atoms with E-state index >= 15 is 0 Å². The molecule has 1 aromatic rings. The van der Waals surface area contributed by atoms with E-state index < -0.39 is 0 Å². The molecule has 0 aromatic heterocycles. The summed E-state index contributed by atoms with van der Waals surface area (Å²) in [5, 5.41) is 3.62. The Labute approximate surface area is 105 Å². The van der Waals surface area contributed by atoms with E-state index in [4.69, 9.17) is 0 Å². The van der Waals surface area contributed by atoms with Crippen molar-refractivity contribution >= 4 is 0 Å². The van der Waals surface area contributed by atoms with Crippen LogP contribution >= 0.6 is 0 Å². The molecule has 2 heteroatoms. The average Bonchev–Trinajstić information content (AvgIpc) is 2.54. The monoisotopic (exact) mass is 232 g/mol. The van der Waals surface area contributed by atoms with Gasteiger partial charge in [-0.3, -0.25) is 4.90 Å². The number of hydrogen-bond acceptors (Lipinski definition) is 2. The second-order valence-electron chi connectivity index (χ2n) is 5.11. The summed E-state index contributed by atoms with van der Waals surface area (Å²) < 4.78 is 0. The van der Waals surface area contributed by atoms with Gasteiger partial charge in [-0.2, -0.15) is 0 Å². The average molecular weight is 232 g/mol. The molecular formula is C15H24N2. The van der Waals surface area contributed by atoms with Crippen LogP contribution in [-0.4, -0.2) is 30.6 Å². The number of hydrogen-bond donors (Lipinski definition) is 1. The van der Waals surface area contributed by atoms with E-state index in [2.05, 4.69) is 48.3 Å². The summed E-state index contributed by atoms with van der Waals surface area (Å²) in [5.74, 6) is 0. The van der Waals surface area contributed by atoms with E-state index in [0.29, 0.717) is 0 Å². The van der Waals surface area contributed by atoms with Crippen LogP contribution in [0.15, 0.2) is 24.3 Å². The zero-order valence-electron chi connectivity index (χ0n) is 11.1. The third kappa shape index (κ3) is 3.83. The van der Waals surface area contributed by atoms with Crippen LogP contribution in [0.4, 0.5) is 0 Å². The maximum absolute atomic E-state index is 3.62. The lowest BCUT2D eigenvalue weighted by Crippen LogP contribution is -2.29. The first-order valence-electron chi connectivity index (χ1n) is 6.79. The third-order valence-electron chi connectivity index (χ3n) is 3.64. The lowest BCUT2D eigenvalue weighted by molar-refractivity contribution is 0.281. The van der Waals surface area contributed by atoms with Crippen molar-refractivity contribution < 1.29 is 0 Å². The Kier molecular flexibility index (Phi) is 4.57. The smallest absolute Gasteiger partial charge is 0.0234 e. The lowest BCUT2D eigenvalue weighted by atomic mass is 10.1. The molecule has 94 valence electrons. The van der Waals surface area contributed by atoms with Gasteiger partial charge in [0.05, 0.1) is 0 Å². The fourth-order valence-electron chi connectivity index (χ4n) is 2.55. The summed E-state index contributed by atoms with van der Waals surface area (Å²) in [6.45, 7) is 9.06. The molecule has 0 saturated carbocycles. The number of benzene rings is 1. The quantitative estimate of drug-likeness (QED) is 0.861. The van der Waals surface area contributed by atoms with Crippen LogP contribution in [0.3, 0.4) is 0 Å². The van der Waals surface area contributed by atoms with Gasteiger partial charge in [0, 0.05) is 32.2 Å². The van der Waals surface area contributed by atoms with Crippen molar-refractivity contribution in [3.8, 4) is 0 Å². The van der Waals surface area contributed by atoms with Crippen LogP contribution in [0.2, 0.25) is 0 Å². The minimum atomic E-state index is 0.720. The van der Waals surface area contributed by atoms with Crippen molar-refractivity contribution in [3.63, 3.8) is 0 Å². The highest BCUT2D eigenvalue weighted by Gasteiger charge is 2.14. The Morgan fingerprint density at radius 2 is 2.24 bits per heavy atom. The molecule has 1 aliphatic heterocycles. The number of rotatable bonds is 3. The van der Waals surface area contributed by atoms with E-state index in [1.54, 1.807) is 0 Å². The Hall–Kier alpha value is -0.860. The van der Waals surface area contributed by atoms with Crippen molar-refractivity contribution in [2.24, 2.45) is 0 Å². The van der Waals surface area contributed by atoms with Gasteiger partial charge in [0.2, 0.25) is 0 Å². The van der Waals surface area contributed by atoms with Gasteiger partial charge in [-0.05, 0) is 25.3 Å². The first kappa shape index (κ1) is 12.6. The summed E-state index contributed by atoms with van der Waals surface area (Å²) in [4.78, 5) is 2.57. The number of nitrogens with zero attached hydrogens (tertiary/aromatic N) is 1. The fraction of sp³-hybridized carbons (Fsp3) is 0.600. The molecule has 0 radical (unpaired) electrons. The molecule has 1 aromatic carbocycles. The van der Waals surface area contributed by atoms with Crippen molar-refractivity contribution in [1.29, 1.82) is 0 Å². The van der Waals surface area contributed by atoms with E-state index in [9.17, 15) is 0 Å². The van der Waals surface area contributed by atoms with E-state index in [-0.39, 0.29) is 0 Å². The molecule has 1 N–H and O–H groups in total. The zero-order chi connectivity index (χ0) is 12.1. The largest absolute Gasteiger partial charge is 0.313 e. The van der Waals surface area contributed by atoms with Gasteiger partial charge in [0.25, 0.3) is 0 Å². The Bertz CT molecular complexity index is 349. The molecule has 0 bridgehead atoms. The molecule has 1 saturated heterocycles. The highest BCUT2D eigenvalue weighted by molar-refractivity contribution is 5.22. The molecule has 1 atom stereocenters. The van der Waals surface area contributed by atoms with Crippen molar-refractivity contribution in [2.75, 3.05) is 19.6 Å². The third-order valence-corrected chi connectivity index (χ3v) is 3.64. The lowest BCUT2D eigenvalue weighted by Gasteiger charge is -2.19. The minimum absolute atomic E-state index is 0.720. The molecule has 0 amide bonds. The van der Waals surface area contributed by atoms with Crippen LogP contribution in [0.25, 0.3) is 0 Å². The van der Waals surface area contributed by atoms with Gasteiger partial charge < -0.3 is 5.32 Å². The molecule has 1 fully saturated rings. The predicted molar refractivity (Wildman–Crippen MR) is 73.2 cm³/mol. The molecular weight excluding hydrogens is 208 g/mol. The Balaban J connectivity index is 1.90. The minimum Gasteiger partial charge on any atom is -0.313 e. The predicted octanol–water partition coefficient (Wildman–Crippen LogP) is 2.57. The zero-order valence-corrected chi connectivity index (χ0v) is 11.1. The first-order valence-corrected chi connectivity index (χ1v) is 6.79. The molecule has 17 heavy (non-hydrogen) atoms. The number of aryl methyl sites for hydroxylation is 1. The second kappa shape index (κ2) is 6.18. The molecule has 1 heterocycles. The van der Waals surface area contributed by atoms with Crippen molar-refractivity contribution in [1.82, 2.24) is 10.2 Å². The van der Waals surface area contributed by atoms with Crippen LogP contribution in [-0.2, 0) is 6.54 Å². The van der Waals surface area contributed by atoms with Gasteiger partial charge in [0.1, 0.15) is 0 Å².